The first-order chi connectivity index (χ1) is 15.6. The Labute approximate surface area is 205 Å². The molecular formula is C26H30ClN3O2S. The lowest BCUT2D eigenvalue weighted by molar-refractivity contribution is -0.118. The Bertz CT molecular complexity index is 1220. The van der Waals surface area contributed by atoms with E-state index in [4.69, 9.17) is 9.72 Å². The standard InChI is InChI=1S/C26H29N3O2S.ClH/c1-4-31-22-14-8-15-23-25(22)27-26(32-23)29(17-9-16-28(2)3)24(30)18-20-12-7-11-19-10-5-6-13-21(19)20;/h5-8,10-15H,4,9,16-18H2,1-3H3;1H. The number of thiazole rings is 1. The molecule has 1 aromatic heterocycles. The number of fused-ring (bicyclic) bond motifs is 2. The van der Waals surface area contributed by atoms with Crippen LogP contribution < -0.4 is 9.64 Å². The molecule has 0 spiro atoms. The fourth-order valence-electron chi connectivity index (χ4n) is 3.88. The first-order valence-corrected chi connectivity index (χ1v) is 11.8. The van der Waals surface area contributed by atoms with E-state index in [0.29, 0.717) is 19.6 Å². The summed E-state index contributed by atoms with van der Waals surface area (Å²) in [6, 6.07) is 20.3. The van der Waals surface area contributed by atoms with Crippen LogP contribution in [0.15, 0.2) is 60.7 Å². The molecule has 4 rings (SSSR count). The molecule has 0 fully saturated rings. The maximum atomic E-state index is 13.6. The van der Waals surface area contributed by atoms with Crippen LogP contribution in [-0.2, 0) is 11.2 Å². The van der Waals surface area contributed by atoms with Crippen molar-refractivity contribution >= 4 is 55.8 Å². The minimum Gasteiger partial charge on any atom is -0.492 e. The molecule has 0 saturated heterocycles. The molecule has 33 heavy (non-hydrogen) atoms. The first-order valence-electron chi connectivity index (χ1n) is 11.0. The van der Waals surface area contributed by atoms with Crippen LogP contribution >= 0.6 is 23.7 Å². The summed E-state index contributed by atoms with van der Waals surface area (Å²) in [6.45, 7) is 4.09. The number of para-hydroxylation sites is 1. The zero-order chi connectivity index (χ0) is 22.5. The van der Waals surface area contributed by atoms with E-state index < -0.39 is 0 Å². The van der Waals surface area contributed by atoms with E-state index in [1.54, 1.807) is 11.3 Å². The molecule has 0 radical (unpaired) electrons. The van der Waals surface area contributed by atoms with Gasteiger partial charge in [-0.3, -0.25) is 9.69 Å². The third kappa shape index (κ3) is 5.82. The Morgan fingerprint density at radius 3 is 2.55 bits per heavy atom. The third-order valence-corrected chi connectivity index (χ3v) is 6.45. The minimum absolute atomic E-state index is 0. The number of anilines is 1. The monoisotopic (exact) mass is 483 g/mol. The van der Waals surface area contributed by atoms with E-state index in [2.05, 4.69) is 23.1 Å². The van der Waals surface area contributed by atoms with Gasteiger partial charge in [-0.2, -0.15) is 0 Å². The van der Waals surface area contributed by atoms with Gasteiger partial charge in [-0.05, 0) is 62.5 Å². The van der Waals surface area contributed by atoms with Crippen LogP contribution in [0.5, 0.6) is 5.75 Å². The number of nitrogens with zero attached hydrogens (tertiary/aromatic N) is 3. The van der Waals surface area contributed by atoms with Crippen molar-refractivity contribution in [1.29, 1.82) is 0 Å². The van der Waals surface area contributed by atoms with E-state index in [1.807, 2.05) is 68.4 Å². The van der Waals surface area contributed by atoms with Gasteiger partial charge in [-0.1, -0.05) is 59.9 Å². The van der Waals surface area contributed by atoms with Crippen molar-refractivity contribution in [2.24, 2.45) is 0 Å². The van der Waals surface area contributed by atoms with Crippen LogP contribution in [0.1, 0.15) is 18.9 Å². The molecule has 0 aliphatic heterocycles. The fraction of sp³-hybridized carbons (Fsp3) is 0.308. The summed E-state index contributed by atoms with van der Waals surface area (Å²) in [7, 11) is 4.10. The smallest absolute Gasteiger partial charge is 0.233 e. The number of amides is 1. The molecule has 0 unspecified atom stereocenters. The van der Waals surface area contributed by atoms with E-state index in [1.165, 1.54) is 0 Å². The normalized spacial score (nSPS) is 11.0. The highest BCUT2D eigenvalue weighted by Gasteiger charge is 2.21. The van der Waals surface area contributed by atoms with Crippen LogP contribution in [0.3, 0.4) is 0 Å². The predicted octanol–water partition coefficient (Wildman–Crippen LogP) is 5.80. The van der Waals surface area contributed by atoms with Gasteiger partial charge in [-0.15, -0.1) is 12.4 Å². The first kappa shape index (κ1) is 25.0. The second kappa shape index (κ2) is 11.5. The topological polar surface area (TPSA) is 45.7 Å². The Morgan fingerprint density at radius 2 is 1.76 bits per heavy atom. The van der Waals surface area contributed by atoms with Gasteiger partial charge in [0.15, 0.2) is 5.13 Å². The van der Waals surface area contributed by atoms with E-state index in [0.717, 1.165) is 50.4 Å². The average molecular weight is 484 g/mol. The van der Waals surface area contributed by atoms with Crippen LogP contribution in [0.2, 0.25) is 0 Å². The van der Waals surface area contributed by atoms with Gasteiger partial charge >= 0.3 is 0 Å². The number of aromatic nitrogens is 1. The Balaban J connectivity index is 0.00000306. The second-order valence-electron chi connectivity index (χ2n) is 8.05. The maximum Gasteiger partial charge on any atom is 0.233 e. The number of carbonyl (C=O) groups is 1. The van der Waals surface area contributed by atoms with Crippen molar-refractivity contribution in [2.45, 2.75) is 19.8 Å². The van der Waals surface area contributed by atoms with Crippen molar-refractivity contribution in [3.05, 3.63) is 66.2 Å². The molecule has 0 bridgehead atoms. The molecule has 0 aliphatic rings. The third-order valence-electron chi connectivity index (χ3n) is 5.41. The van der Waals surface area contributed by atoms with Gasteiger partial charge in [0.25, 0.3) is 0 Å². The summed E-state index contributed by atoms with van der Waals surface area (Å²) in [4.78, 5) is 22.4. The molecule has 1 amide bonds. The molecular weight excluding hydrogens is 454 g/mol. The molecule has 7 heteroatoms. The zero-order valence-electron chi connectivity index (χ0n) is 19.3. The lowest BCUT2D eigenvalue weighted by atomic mass is 10.0. The van der Waals surface area contributed by atoms with E-state index >= 15 is 0 Å². The predicted molar refractivity (Wildman–Crippen MR) is 141 cm³/mol. The molecule has 4 aromatic rings. The summed E-state index contributed by atoms with van der Waals surface area (Å²) < 4.78 is 6.79. The van der Waals surface area contributed by atoms with Crippen molar-refractivity contribution in [3.8, 4) is 5.75 Å². The summed E-state index contributed by atoms with van der Waals surface area (Å²) in [5, 5.41) is 3.01. The second-order valence-corrected chi connectivity index (χ2v) is 9.06. The van der Waals surface area contributed by atoms with Crippen LogP contribution in [-0.4, -0.2) is 49.6 Å². The Kier molecular flexibility index (Phi) is 8.67. The van der Waals surface area contributed by atoms with Gasteiger partial charge in [-0.25, -0.2) is 4.98 Å². The van der Waals surface area contributed by atoms with Gasteiger partial charge < -0.3 is 9.64 Å². The largest absolute Gasteiger partial charge is 0.492 e. The molecule has 5 nitrogen and oxygen atoms in total. The molecule has 0 aliphatic carbocycles. The number of ether oxygens (including phenoxy) is 1. The molecule has 0 N–H and O–H groups in total. The van der Waals surface area contributed by atoms with E-state index in [9.17, 15) is 4.79 Å². The van der Waals surface area contributed by atoms with Gasteiger partial charge in [0.2, 0.25) is 5.91 Å². The number of benzene rings is 3. The molecule has 3 aromatic carbocycles. The highest BCUT2D eigenvalue weighted by atomic mass is 35.5. The van der Waals surface area contributed by atoms with Crippen molar-refractivity contribution in [3.63, 3.8) is 0 Å². The lowest BCUT2D eigenvalue weighted by Gasteiger charge is -2.21. The lowest BCUT2D eigenvalue weighted by Crippen LogP contribution is -2.34. The maximum absolute atomic E-state index is 13.6. The highest BCUT2D eigenvalue weighted by Crippen LogP contribution is 2.34. The number of hydrogen-bond acceptors (Lipinski definition) is 5. The minimum atomic E-state index is 0. The number of halogens is 1. The van der Waals surface area contributed by atoms with Gasteiger partial charge in [0, 0.05) is 6.54 Å². The summed E-state index contributed by atoms with van der Waals surface area (Å²) >= 11 is 1.55. The number of carbonyl (C=O) groups excluding carboxylic acids is 1. The number of hydrogen-bond donors (Lipinski definition) is 0. The molecule has 1 heterocycles. The Morgan fingerprint density at radius 1 is 1.00 bits per heavy atom. The van der Waals surface area contributed by atoms with Gasteiger partial charge in [0.05, 0.1) is 17.7 Å². The van der Waals surface area contributed by atoms with Crippen LogP contribution in [0, 0.1) is 0 Å². The highest BCUT2D eigenvalue weighted by molar-refractivity contribution is 7.22. The SMILES string of the molecule is CCOc1cccc2sc(N(CCCN(C)C)C(=O)Cc3cccc4ccccc34)nc12.Cl. The molecule has 0 atom stereocenters. The fourth-order valence-corrected chi connectivity index (χ4v) is 4.90. The van der Waals surface area contributed by atoms with Gasteiger partial charge in [0.1, 0.15) is 11.3 Å². The summed E-state index contributed by atoms with van der Waals surface area (Å²) in [5.74, 6) is 0.833. The van der Waals surface area contributed by atoms with Crippen molar-refractivity contribution < 1.29 is 9.53 Å². The summed E-state index contributed by atoms with van der Waals surface area (Å²) in [5.41, 5.74) is 1.87. The van der Waals surface area contributed by atoms with Crippen LogP contribution in [0.4, 0.5) is 5.13 Å². The quantitative estimate of drug-likeness (QED) is 0.302. The van der Waals surface area contributed by atoms with Crippen LogP contribution in [0.25, 0.3) is 21.0 Å². The molecule has 0 saturated carbocycles. The van der Waals surface area contributed by atoms with E-state index in [-0.39, 0.29) is 18.3 Å². The molecule has 174 valence electrons. The summed E-state index contributed by atoms with van der Waals surface area (Å²) in [6.07, 6.45) is 1.22. The number of rotatable bonds is 9. The van der Waals surface area contributed by atoms with Crippen molar-refractivity contribution in [2.75, 3.05) is 38.7 Å². The average Bonchev–Trinajstić information content (AvgIpc) is 3.22. The zero-order valence-corrected chi connectivity index (χ0v) is 20.9. The Hall–Kier alpha value is -2.67. The van der Waals surface area contributed by atoms with Crippen molar-refractivity contribution in [1.82, 2.24) is 9.88 Å².